The van der Waals surface area contributed by atoms with E-state index in [4.69, 9.17) is 10.5 Å². The third-order valence-electron chi connectivity index (χ3n) is 11.5. The zero-order valence-electron chi connectivity index (χ0n) is 35.5. The molecule has 2 saturated heterocycles. The Labute approximate surface area is 368 Å². The maximum absolute atomic E-state index is 14.4. The van der Waals surface area contributed by atoms with Crippen molar-refractivity contribution >= 4 is 43.3 Å². The SMILES string of the molecule is NC(=O)CC[C@H](NC(=O)[C@@H]1CC[C@@H]2CCCCC(NC(=O)[C@@H](CC(=O)OCc3ccccc3)Cc3ccc(OP(=O)(O)O)cc3)C(=O)N21)C(=O)NCCCCCCc1ccccc1. The molecule has 3 aromatic rings. The van der Waals surface area contributed by atoms with Gasteiger partial charge in [0.2, 0.25) is 29.5 Å². The number of ether oxygens (including phenoxy) is 1. The first-order valence-corrected chi connectivity index (χ1v) is 23.3. The monoisotopic (exact) mass is 889 g/mol. The summed E-state index contributed by atoms with van der Waals surface area (Å²) < 4.78 is 21.5. The quantitative estimate of drug-likeness (QED) is 0.0439. The predicted molar refractivity (Wildman–Crippen MR) is 233 cm³/mol. The van der Waals surface area contributed by atoms with Crippen molar-refractivity contribution in [2.45, 2.75) is 127 Å². The van der Waals surface area contributed by atoms with E-state index in [1.807, 2.05) is 24.3 Å². The molecule has 0 saturated carbocycles. The van der Waals surface area contributed by atoms with Crippen molar-refractivity contribution in [3.8, 4) is 5.75 Å². The zero-order chi connectivity index (χ0) is 45.2. The Hall–Kier alpha value is -5.57. The highest BCUT2D eigenvalue weighted by molar-refractivity contribution is 7.46. The van der Waals surface area contributed by atoms with E-state index in [0.717, 1.165) is 44.1 Å². The average Bonchev–Trinajstić information content (AvgIpc) is 3.68. The summed E-state index contributed by atoms with van der Waals surface area (Å²) in [7, 11) is -4.81. The molecule has 0 bridgehead atoms. The van der Waals surface area contributed by atoms with E-state index in [0.29, 0.717) is 37.8 Å². The smallest absolute Gasteiger partial charge is 0.461 e. The molecule has 2 aliphatic heterocycles. The summed E-state index contributed by atoms with van der Waals surface area (Å²) >= 11 is 0. The van der Waals surface area contributed by atoms with Crippen LogP contribution >= 0.6 is 7.82 Å². The van der Waals surface area contributed by atoms with Crippen LogP contribution in [0.15, 0.2) is 84.9 Å². The van der Waals surface area contributed by atoms with E-state index in [9.17, 15) is 43.1 Å². The summed E-state index contributed by atoms with van der Waals surface area (Å²) in [6.45, 7) is 0.386. The summed E-state index contributed by atoms with van der Waals surface area (Å²) in [4.78, 5) is 101. The van der Waals surface area contributed by atoms with Crippen molar-refractivity contribution in [1.29, 1.82) is 0 Å². The highest BCUT2D eigenvalue weighted by Crippen LogP contribution is 2.37. The first-order chi connectivity index (χ1) is 30.3. The summed E-state index contributed by atoms with van der Waals surface area (Å²) in [6.07, 6.45) is 7.40. The molecular formula is C46H60N5O11P. The summed E-state index contributed by atoms with van der Waals surface area (Å²) in [5.41, 5.74) is 8.02. The largest absolute Gasteiger partial charge is 0.524 e. The van der Waals surface area contributed by atoms with Gasteiger partial charge in [0, 0.05) is 19.0 Å². The number of unbranched alkanes of at least 4 members (excludes halogenated alkanes) is 3. The lowest BCUT2D eigenvalue weighted by Crippen LogP contribution is -2.58. The van der Waals surface area contributed by atoms with Gasteiger partial charge in [-0.05, 0) is 86.6 Å². The lowest BCUT2D eigenvalue weighted by molar-refractivity contribution is -0.149. The summed E-state index contributed by atoms with van der Waals surface area (Å²) in [5.74, 6) is -4.36. The first-order valence-electron chi connectivity index (χ1n) is 21.8. The number of phosphoric acid groups is 1. The number of fused-ring (bicyclic) bond motifs is 1. The third kappa shape index (κ3) is 16.3. The van der Waals surface area contributed by atoms with Gasteiger partial charge in [0.1, 0.15) is 30.5 Å². The molecule has 3 aromatic carbocycles. The number of nitrogens with one attached hydrogen (secondary N) is 3. The summed E-state index contributed by atoms with van der Waals surface area (Å²) in [6, 6.07) is 21.7. The number of rotatable bonds is 23. The van der Waals surface area contributed by atoms with Gasteiger partial charge in [-0.2, -0.15) is 0 Å². The van der Waals surface area contributed by atoms with Gasteiger partial charge in [0.25, 0.3) is 0 Å². The number of esters is 1. The Morgan fingerprint density at radius 1 is 0.794 bits per heavy atom. The molecule has 5 amide bonds. The molecule has 2 fully saturated rings. The molecule has 17 heteroatoms. The third-order valence-corrected chi connectivity index (χ3v) is 11.9. The molecule has 0 radical (unpaired) electrons. The van der Waals surface area contributed by atoms with Crippen LogP contribution in [0.2, 0.25) is 0 Å². The number of hydrogen-bond acceptors (Lipinski definition) is 9. The number of carbonyl (C=O) groups excluding carboxylic acids is 6. The van der Waals surface area contributed by atoms with Crippen LogP contribution in [-0.4, -0.2) is 80.9 Å². The maximum Gasteiger partial charge on any atom is 0.524 e. The second-order valence-corrected chi connectivity index (χ2v) is 17.5. The number of phosphoric ester groups is 1. The van der Waals surface area contributed by atoms with Crippen molar-refractivity contribution in [2.24, 2.45) is 11.7 Å². The van der Waals surface area contributed by atoms with Crippen LogP contribution in [0.4, 0.5) is 0 Å². The molecule has 1 unspecified atom stereocenters. The summed E-state index contributed by atoms with van der Waals surface area (Å²) in [5, 5.41) is 8.57. The van der Waals surface area contributed by atoms with Crippen LogP contribution in [-0.2, 0) is 57.5 Å². The van der Waals surface area contributed by atoms with Crippen molar-refractivity contribution in [1.82, 2.24) is 20.9 Å². The minimum atomic E-state index is -4.81. The molecule has 0 spiro atoms. The number of amides is 5. The fourth-order valence-electron chi connectivity index (χ4n) is 8.19. The van der Waals surface area contributed by atoms with Gasteiger partial charge in [0.15, 0.2) is 0 Å². The minimum absolute atomic E-state index is 0.00996. The second kappa shape index (κ2) is 24.3. The number of nitrogens with two attached hydrogens (primary N) is 1. The fraction of sp³-hybridized carbons (Fsp3) is 0.478. The Balaban J connectivity index is 1.22. The van der Waals surface area contributed by atoms with Gasteiger partial charge in [0.05, 0.1) is 12.3 Å². The predicted octanol–water partition coefficient (Wildman–Crippen LogP) is 4.54. The van der Waals surface area contributed by atoms with Crippen LogP contribution in [0.25, 0.3) is 0 Å². The molecule has 7 N–H and O–H groups in total. The van der Waals surface area contributed by atoms with Gasteiger partial charge in [-0.1, -0.05) is 98.5 Å². The highest BCUT2D eigenvalue weighted by Gasteiger charge is 2.45. The normalized spacial score (nSPS) is 18.5. The van der Waals surface area contributed by atoms with E-state index >= 15 is 0 Å². The van der Waals surface area contributed by atoms with Gasteiger partial charge in [-0.25, -0.2) is 4.57 Å². The highest BCUT2D eigenvalue weighted by atomic mass is 31.2. The van der Waals surface area contributed by atoms with Gasteiger partial charge >= 0.3 is 13.8 Å². The molecule has 0 aliphatic carbocycles. The number of primary amides is 1. The molecule has 5 atom stereocenters. The van der Waals surface area contributed by atoms with Gasteiger partial charge in [-0.15, -0.1) is 0 Å². The zero-order valence-corrected chi connectivity index (χ0v) is 36.4. The van der Waals surface area contributed by atoms with Crippen molar-refractivity contribution in [3.63, 3.8) is 0 Å². The van der Waals surface area contributed by atoms with E-state index in [1.165, 1.54) is 34.7 Å². The van der Waals surface area contributed by atoms with E-state index in [-0.39, 0.29) is 50.5 Å². The average molecular weight is 890 g/mol. The maximum atomic E-state index is 14.4. The lowest BCUT2D eigenvalue weighted by atomic mass is 9.93. The first kappa shape index (κ1) is 48.5. The number of benzene rings is 3. The number of carbonyl (C=O) groups is 6. The van der Waals surface area contributed by atoms with E-state index < -0.39 is 67.4 Å². The van der Waals surface area contributed by atoms with Gasteiger partial charge in [-0.3, -0.25) is 38.6 Å². The second-order valence-electron chi connectivity index (χ2n) is 16.3. The molecule has 63 heavy (non-hydrogen) atoms. The molecule has 2 aliphatic rings. The van der Waals surface area contributed by atoms with Crippen LogP contribution in [0.3, 0.4) is 0 Å². The minimum Gasteiger partial charge on any atom is -0.461 e. The fourth-order valence-corrected chi connectivity index (χ4v) is 8.58. The van der Waals surface area contributed by atoms with Crippen LogP contribution in [0.1, 0.15) is 100 Å². The standard InChI is InChI=1S/C46H60N5O11P/c47-41(52)27-25-38(44(55)48-28-12-2-1-5-13-32-14-6-3-7-15-32)49-45(56)40-26-22-36-18-10-11-19-39(46(57)51(36)40)50-43(54)35(30-42(53)61-31-34-16-8-4-9-17-34)29-33-20-23-37(24-21-33)62-63(58,59)60/h3-4,6-9,14-17,20-21,23-24,35-36,38-40H,1-2,5,10-13,18-19,22,25-31H2,(H2,47,52)(H,48,55)(H,49,56)(H,50,54)(H2,58,59,60)/t35-,36+,38+,39?,40+/m1/s1. The van der Waals surface area contributed by atoms with Crippen molar-refractivity contribution in [2.75, 3.05) is 6.54 Å². The molecule has 340 valence electrons. The van der Waals surface area contributed by atoms with Crippen molar-refractivity contribution in [3.05, 3.63) is 102 Å². The topological polar surface area (TPSA) is 244 Å². The molecule has 16 nitrogen and oxygen atoms in total. The molecule has 0 aromatic heterocycles. The number of aryl methyl sites for hydroxylation is 1. The molecule has 5 rings (SSSR count). The van der Waals surface area contributed by atoms with Crippen LogP contribution < -0.4 is 26.2 Å². The Kier molecular flexibility index (Phi) is 18.7. The number of nitrogens with zero attached hydrogens (tertiary/aromatic N) is 1. The number of hydrogen-bond donors (Lipinski definition) is 6. The molecular weight excluding hydrogens is 830 g/mol. The van der Waals surface area contributed by atoms with Crippen molar-refractivity contribution < 1.29 is 52.4 Å². The van der Waals surface area contributed by atoms with Crippen LogP contribution in [0, 0.1) is 5.92 Å². The van der Waals surface area contributed by atoms with Gasteiger partial charge < -0.3 is 35.8 Å². The Bertz CT molecular complexity index is 2030. The lowest BCUT2D eigenvalue weighted by Gasteiger charge is -2.36. The van der Waals surface area contributed by atoms with Crippen LogP contribution in [0.5, 0.6) is 5.75 Å². The Morgan fingerprint density at radius 3 is 2.14 bits per heavy atom. The Morgan fingerprint density at radius 2 is 1.46 bits per heavy atom. The van der Waals surface area contributed by atoms with E-state index in [2.05, 4.69) is 32.6 Å². The molecule has 2 heterocycles. The van der Waals surface area contributed by atoms with E-state index in [1.54, 1.807) is 24.3 Å².